The van der Waals surface area contributed by atoms with E-state index in [0.717, 1.165) is 5.56 Å². The molecule has 1 saturated carbocycles. The molecule has 0 bridgehead atoms. The summed E-state index contributed by atoms with van der Waals surface area (Å²) in [5.41, 5.74) is 6.00. The van der Waals surface area contributed by atoms with E-state index in [9.17, 15) is 12.8 Å². The Morgan fingerprint density at radius 2 is 1.95 bits per heavy atom. The number of benzene rings is 1. The van der Waals surface area contributed by atoms with Crippen LogP contribution in [0.3, 0.4) is 0 Å². The molecule has 1 aromatic rings. The predicted molar refractivity (Wildman–Crippen MR) is 71.2 cm³/mol. The Morgan fingerprint density at radius 3 is 2.42 bits per heavy atom. The average molecular weight is 287 g/mol. The number of sulfone groups is 1. The van der Waals surface area contributed by atoms with Crippen molar-refractivity contribution in [3.8, 4) is 0 Å². The number of hydrogen-bond acceptors (Lipinski definition) is 4. The Kier molecular flexibility index (Phi) is 3.68. The van der Waals surface area contributed by atoms with Crippen molar-refractivity contribution in [2.24, 2.45) is 5.73 Å². The molecule has 6 heteroatoms. The number of hydrogen-bond donors (Lipinski definition) is 1. The van der Waals surface area contributed by atoms with Crippen LogP contribution >= 0.6 is 0 Å². The summed E-state index contributed by atoms with van der Waals surface area (Å²) in [6.07, 6.45) is 1.18. The lowest BCUT2D eigenvalue weighted by Gasteiger charge is -2.11. The summed E-state index contributed by atoms with van der Waals surface area (Å²) >= 11 is 0. The minimum Gasteiger partial charge on any atom is -0.380 e. The third kappa shape index (κ3) is 2.66. The number of rotatable bonds is 5. The Morgan fingerprint density at radius 1 is 1.37 bits per heavy atom. The first-order valence-electron chi connectivity index (χ1n) is 6.11. The van der Waals surface area contributed by atoms with E-state index < -0.39 is 20.6 Å². The van der Waals surface area contributed by atoms with E-state index >= 15 is 0 Å². The zero-order valence-corrected chi connectivity index (χ0v) is 11.8. The van der Waals surface area contributed by atoms with Gasteiger partial charge in [0, 0.05) is 18.8 Å². The van der Waals surface area contributed by atoms with Crippen LogP contribution < -0.4 is 5.73 Å². The fourth-order valence-electron chi connectivity index (χ4n) is 2.67. The molecule has 2 rings (SSSR count). The van der Waals surface area contributed by atoms with Gasteiger partial charge in [-0.3, -0.25) is 0 Å². The van der Waals surface area contributed by atoms with Gasteiger partial charge in [0.1, 0.15) is 5.82 Å². The monoisotopic (exact) mass is 287 g/mol. The Balaban J connectivity index is 2.30. The zero-order chi connectivity index (χ0) is 14.3. The summed E-state index contributed by atoms with van der Waals surface area (Å²) < 4.78 is 41.8. The quantitative estimate of drug-likeness (QED) is 0.879. The summed E-state index contributed by atoms with van der Waals surface area (Å²) in [5, 5.41) is -0.669. The van der Waals surface area contributed by atoms with Crippen LogP contribution in [0.5, 0.6) is 0 Å². The van der Waals surface area contributed by atoms with Crippen LogP contribution in [0.1, 0.15) is 18.4 Å². The lowest BCUT2D eigenvalue weighted by atomic mass is 10.1. The first-order chi connectivity index (χ1) is 8.80. The molecule has 1 aliphatic rings. The third-order valence-electron chi connectivity index (χ3n) is 3.55. The summed E-state index contributed by atoms with van der Waals surface area (Å²) in [5.74, 6) is -0.692. The summed E-state index contributed by atoms with van der Waals surface area (Å²) in [6, 6.07) is 5.79. The van der Waals surface area contributed by atoms with Gasteiger partial charge in [-0.25, -0.2) is 12.8 Å². The molecule has 1 aliphatic carbocycles. The zero-order valence-electron chi connectivity index (χ0n) is 11.0. The fourth-order valence-corrected chi connectivity index (χ4v) is 4.51. The molecule has 0 amide bonds. The second kappa shape index (κ2) is 4.85. The molecule has 1 aromatic carbocycles. The van der Waals surface area contributed by atoms with Crippen LogP contribution in [0, 0.1) is 5.82 Å². The van der Waals surface area contributed by atoms with Crippen molar-refractivity contribution in [2.75, 3.05) is 19.5 Å². The van der Waals surface area contributed by atoms with Crippen LogP contribution in [0.25, 0.3) is 0 Å². The van der Waals surface area contributed by atoms with Crippen molar-refractivity contribution >= 4 is 9.84 Å². The van der Waals surface area contributed by atoms with E-state index in [4.69, 9.17) is 10.5 Å². The second-order valence-corrected chi connectivity index (χ2v) is 7.20. The van der Waals surface area contributed by atoms with Gasteiger partial charge in [-0.05, 0) is 24.6 Å². The average Bonchev–Trinajstić information content (AvgIpc) is 2.95. The van der Waals surface area contributed by atoms with Gasteiger partial charge in [0.15, 0.2) is 9.84 Å². The number of nitrogens with two attached hydrogens (primary N) is 1. The number of halogens is 1. The maximum absolute atomic E-state index is 12.9. The highest BCUT2D eigenvalue weighted by Gasteiger charge is 2.68. The SMILES string of the molecule is CCOCC1(N)C(c2ccc(F)cc2)C1S(C)(=O)=O. The standard InChI is InChI=1S/C13H18FNO3S/c1-3-18-8-13(15)11(12(13)19(2,16)17)9-4-6-10(14)7-5-9/h4-7,11-12H,3,8,15H2,1-2H3. The molecule has 0 radical (unpaired) electrons. The molecule has 0 aliphatic heterocycles. The summed E-state index contributed by atoms with van der Waals surface area (Å²) in [7, 11) is -3.27. The summed E-state index contributed by atoms with van der Waals surface area (Å²) in [4.78, 5) is 0. The minimum absolute atomic E-state index is 0.184. The van der Waals surface area contributed by atoms with Gasteiger partial charge in [0.2, 0.25) is 0 Å². The fraction of sp³-hybridized carbons (Fsp3) is 0.538. The van der Waals surface area contributed by atoms with Gasteiger partial charge < -0.3 is 10.5 Å². The highest BCUT2D eigenvalue weighted by molar-refractivity contribution is 7.91. The molecule has 0 saturated heterocycles. The van der Waals surface area contributed by atoms with Crippen LogP contribution in [0.15, 0.2) is 24.3 Å². The van der Waals surface area contributed by atoms with Crippen LogP contribution in [-0.2, 0) is 14.6 Å². The molecule has 0 heterocycles. The smallest absolute Gasteiger partial charge is 0.152 e. The number of ether oxygens (including phenoxy) is 1. The molecule has 4 nitrogen and oxygen atoms in total. The van der Waals surface area contributed by atoms with Crippen LogP contribution in [0.2, 0.25) is 0 Å². The van der Waals surface area contributed by atoms with Gasteiger partial charge in [0.25, 0.3) is 0 Å². The third-order valence-corrected chi connectivity index (χ3v) is 5.18. The van der Waals surface area contributed by atoms with Crippen molar-refractivity contribution in [3.63, 3.8) is 0 Å². The van der Waals surface area contributed by atoms with Gasteiger partial charge >= 0.3 is 0 Å². The van der Waals surface area contributed by atoms with Crippen molar-refractivity contribution in [2.45, 2.75) is 23.6 Å². The molecule has 1 fully saturated rings. The van der Waals surface area contributed by atoms with E-state index in [1.807, 2.05) is 6.92 Å². The normalized spacial score (nSPS) is 30.3. The van der Waals surface area contributed by atoms with E-state index in [2.05, 4.69) is 0 Å². The molecular weight excluding hydrogens is 269 g/mol. The molecule has 2 N–H and O–H groups in total. The first kappa shape index (κ1) is 14.4. The molecule has 0 spiro atoms. The molecule has 0 aromatic heterocycles. The molecule has 106 valence electrons. The lowest BCUT2D eigenvalue weighted by Crippen LogP contribution is -2.36. The first-order valence-corrected chi connectivity index (χ1v) is 8.07. The highest BCUT2D eigenvalue weighted by atomic mass is 32.2. The maximum Gasteiger partial charge on any atom is 0.152 e. The van der Waals surface area contributed by atoms with E-state index in [-0.39, 0.29) is 18.3 Å². The molecular formula is C13H18FNO3S. The largest absolute Gasteiger partial charge is 0.380 e. The topological polar surface area (TPSA) is 69.4 Å². The maximum atomic E-state index is 12.9. The van der Waals surface area contributed by atoms with E-state index in [0.29, 0.717) is 6.61 Å². The molecule has 3 atom stereocenters. The van der Waals surface area contributed by atoms with Gasteiger partial charge in [0.05, 0.1) is 17.4 Å². The van der Waals surface area contributed by atoms with Crippen molar-refractivity contribution in [1.29, 1.82) is 0 Å². The van der Waals surface area contributed by atoms with Crippen molar-refractivity contribution in [3.05, 3.63) is 35.6 Å². The van der Waals surface area contributed by atoms with E-state index in [1.54, 1.807) is 12.1 Å². The minimum atomic E-state index is -3.27. The molecule has 19 heavy (non-hydrogen) atoms. The van der Waals surface area contributed by atoms with Crippen molar-refractivity contribution in [1.82, 2.24) is 0 Å². The Labute approximate surface area is 112 Å². The van der Waals surface area contributed by atoms with Crippen molar-refractivity contribution < 1.29 is 17.5 Å². The van der Waals surface area contributed by atoms with Gasteiger partial charge in [-0.15, -0.1) is 0 Å². The molecule has 3 unspecified atom stereocenters. The summed E-state index contributed by atoms with van der Waals surface area (Å²) in [6.45, 7) is 2.49. The van der Waals surface area contributed by atoms with E-state index in [1.165, 1.54) is 18.4 Å². The van der Waals surface area contributed by atoms with Crippen LogP contribution in [-0.4, -0.2) is 38.7 Å². The predicted octanol–water partition coefficient (Wildman–Crippen LogP) is 1.07. The second-order valence-electron chi connectivity index (χ2n) is 5.03. The highest BCUT2D eigenvalue weighted by Crippen LogP contribution is 2.53. The Hall–Kier alpha value is -0.980. The van der Waals surface area contributed by atoms with Gasteiger partial charge in [-0.2, -0.15) is 0 Å². The lowest BCUT2D eigenvalue weighted by molar-refractivity contribution is 0.125. The Bertz CT molecular complexity index is 558. The van der Waals surface area contributed by atoms with Crippen LogP contribution in [0.4, 0.5) is 4.39 Å². The van der Waals surface area contributed by atoms with Gasteiger partial charge in [-0.1, -0.05) is 12.1 Å².